The molecule has 0 N–H and O–H groups in total. The highest BCUT2D eigenvalue weighted by Gasteiger charge is 2.19. The highest BCUT2D eigenvalue weighted by Crippen LogP contribution is 2.41. The second-order valence-corrected chi connectivity index (χ2v) is 16.2. The Morgan fingerprint density at radius 2 is 0.781 bits per heavy atom. The molecule has 0 aliphatic rings. The van der Waals surface area contributed by atoms with Gasteiger partial charge in [0.25, 0.3) is 0 Å². The van der Waals surface area contributed by atoms with E-state index in [0.29, 0.717) is 0 Å². The summed E-state index contributed by atoms with van der Waals surface area (Å²) in [6, 6.07) is 79.3. The molecule has 0 aliphatic heterocycles. The number of rotatable bonds is 8. The van der Waals surface area contributed by atoms with Crippen molar-refractivity contribution < 1.29 is 0 Å². The standard InChI is InChI=1S/C59H39N5/c1-3-15-43(16-4-1)58-59(44-28-32-51(33-29-44)64(49-19-5-2-6-20-49)50-30-26-42(27-31-50)56-39-63-34-12-11-21-57(63)60-56)62-55-38-53(48-25-23-41-14-8-10-18-46(41)36-48)52(37-54(55)61-58)47-24-22-40-13-7-9-17-45(40)35-47/h1-39H. The molecule has 0 saturated carbocycles. The maximum atomic E-state index is 5.52. The lowest BCUT2D eigenvalue weighted by Gasteiger charge is -2.26. The number of benzene rings is 9. The van der Waals surface area contributed by atoms with E-state index in [1.807, 2.05) is 30.5 Å². The molecule has 9 aromatic carbocycles. The first-order valence-corrected chi connectivity index (χ1v) is 21.6. The van der Waals surface area contributed by atoms with Gasteiger partial charge in [0.1, 0.15) is 5.65 Å². The van der Waals surface area contributed by atoms with Gasteiger partial charge in [-0.25, -0.2) is 15.0 Å². The fourth-order valence-electron chi connectivity index (χ4n) is 8.94. The second-order valence-electron chi connectivity index (χ2n) is 16.2. The van der Waals surface area contributed by atoms with Gasteiger partial charge in [-0.15, -0.1) is 0 Å². The van der Waals surface area contributed by atoms with E-state index in [-0.39, 0.29) is 0 Å². The molecule has 5 heteroatoms. The summed E-state index contributed by atoms with van der Waals surface area (Å²) in [7, 11) is 0. The van der Waals surface area contributed by atoms with Gasteiger partial charge in [0, 0.05) is 46.1 Å². The van der Waals surface area contributed by atoms with Crippen LogP contribution in [0.3, 0.4) is 0 Å². The lowest BCUT2D eigenvalue weighted by molar-refractivity contribution is 1.19. The quantitative estimate of drug-likeness (QED) is 0.153. The van der Waals surface area contributed by atoms with Gasteiger partial charge in [0.15, 0.2) is 0 Å². The van der Waals surface area contributed by atoms with Crippen molar-refractivity contribution in [2.75, 3.05) is 4.90 Å². The van der Waals surface area contributed by atoms with E-state index >= 15 is 0 Å². The number of nitrogens with zero attached hydrogens (tertiary/aromatic N) is 5. The first-order chi connectivity index (χ1) is 31.7. The number of imidazole rings is 1. The summed E-state index contributed by atoms with van der Waals surface area (Å²) >= 11 is 0. The Hall–Kier alpha value is -8.67. The lowest BCUT2D eigenvalue weighted by Crippen LogP contribution is -2.09. The van der Waals surface area contributed by atoms with Crippen molar-refractivity contribution >= 4 is 55.3 Å². The van der Waals surface area contributed by atoms with Crippen molar-refractivity contribution in [3.05, 3.63) is 237 Å². The van der Waals surface area contributed by atoms with Crippen LogP contribution in [0, 0.1) is 0 Å². The summed E-state index contributed by atoms with van der Waals surface area (Å²) in [5, 5.41) is 4.82. The molecule has 0 amide bonds. The van der Waals surface area contributed by atoms with Crippen molar-refractivity contribution in [1.82, 2.24) is 19.4 Å². The van der Waals surface area contributed by atoms with Gasteiger partial charge in [-0.3, -0.25) is 0 Å². The predicted molar refractivity (Wildman–Crippen MR) is 265 cm³/mol. The molecule has 64 heavy (non-hydrogen) atoms. The number of anilines is 3. The summed E-state index contributed by atoms with van der Waals surface area (Å²) in [5.74, 6) is 0. The maximum absolute atomic E-state index is 5.52. The van der Waals surface area contributed by atoms with E-state index in [1.165, 1.54) is 21.5 Å². The first-order valence-electron chi connectivity index (χ1n) is 21.6. The fraction of sp³-hybridized carbons (Fsp3) is 0. The van der Waals surface area contributed by atoms with Gasteiger partial charge in [-0.05, 0) is 117 Å². The molecule has 0 saturated heterocycles. The lowest BCUT2D eigenvalue weighted by atomic mass is 9.91. The van der Waals surface area contributed by atoms with Crippen LogP contribution in [0.25, 0.3) is 94.3 Å². The molecular formula is C59H39N5. The van der Waals surface area contributed by atoms with Crippen molar-refractivity contribution in [3.8, 4) is 56.0 Å². The Labute approximate surface area is 370 Å². The Balaban J connectivity index is 0.988. The van der Waals surface area contributed by atoms with Crippen LogP contribution in [0.15, 0.2) is 237 Å². The minimum Gasteiger partial charge on any atom is -0.311 e. The van der Waals surface area contributed by atoms with Crippen LogP contribution >= 0.6 is 0 Å². The molecule has 3 heterocycles. The van der Waals surface area contributed by atoms with Gasteiger partial charge in [0.2, 0.25) is 0 Å². The predicted octanol–water partition coefficient (Wildman–Crippen LogP) is 15.4. The SMILES string of the molecule is c1ccc(-c2nc3cc(-c4ccc5ccccc5c4)c(-c4ccc5ccccc5c4)cc3nc2-c2ccc(N(c3ccccc3)c3ccc(-c4cn5ccccc5n4)cc3)cc2)cc1. The minimum atomic E-state index is 0.830. The Morgan fingerprint density at radius 3 is 1.34 bits per heavy atom. The third kappa shape index (κ3) is 6.82. The Morgan fingerprint density at radius 1 is 0.328 bits per heavy atom. The number of aromatic nitrogens is 4. The number of hydrogen-bond acceptors (Lipinski definition) is 4. The van der Waals surface area contributed by atoms with E-state index in [9.17, 15) is 0 Å². The summed E-state index contributed by atoms with van der Waals surface area (Å²) in [6.07, 6.45) is 4.10. The molecule has 0 fully saturated rings. The minimum absolute atomic E-state index is 0.830. The molecule has 12 aromatic rings. The molecule has 12 rings (SSSR count). The van der Waals surface area contributed by atoms with Crippen molar-refractivity contribution in [3.63, 3.8) is 0 Å². The molecule has 0 radical (unpaired) electrons. The largest absolute Gasteiger partial charge is 0.311 e. The third-order valence-electron chi connectivity index (χ3n) is 12.2. The molecule has 3 aromatic heterocycles. The maximum Gasteiger partial charge on any atom is 0.137 e. The van der Waals surface area contributed by atoms with Gasteiger partial charge >= 0.3 is 0 Å². The van der Waals surface area contributed by atoms with Gasteiger partial charge in [-0.1, -0.05) is 152 Å². The first kappa shape index (κ1) is 37.1. The van der Waals surface area contributed by atoms with Crippen LogP contribution in [0.4, 0.5) is 17.1 Å². The number of para-hydroxylation sites is 1. The second kappa shape index (κ2) is 15.7. The van der Waals surface area contributed by atoms with E-state index in [4.69, 9.17) is 15.0 Å². The molecule has 0 unspecified atom stereocenters. The van der Waals surface area contributed by atoms with Crippen LogP contribution < -0.4 is 4.90 Å². The molecule has 0 aliphatic carbocycles. The Bertz CT molecular complexity index is 3620. The van der Waals surface area contributed by atoms with E-state index in [0.717, 1.165) is 89.8 Å². The summed E-state index contributed by atoms with van der Waals surface area (Å²) in [5.41, 5.74) is 15.9. The molecule has 0 atom stereocenters. The van der Waals surface area contributed by atoms with Crippen LogP contribution in [0.1, 0.15) is 0 Å². The zero-order valence-electron chi connectivity index (χ0n) is 34.8. The summed E-state index contributed by atoms with van der Waals surface area (Å²) < 4.78 is 2.05. The smallest absolute Gasteiger partial charge is 0.137 e. The topological polar surface area (TPSA) is 46.3 Å². The zero-order chi connectivity index (χ0) is 42.4. The van der Waals surface area contributed by atoms with E-state index in [2.05, 4.69) is 216 Å². The van der Waals surface area contributed by atoms with Crippen molar-refractivity contribution in [2.45, 2.75) is 0 Å². The average Bonchev–Trinajstić information content (AvgIpc) is 3.81. The van der Waals surface area contributed by atoms with E-state index in [1.54, 1.807) is 0 Å². The molecule has 0 bridgehead atoms. The van der Waals surface area contributed by atoms with Gasteiger partial charge in [-0.2, -0.15) is 0 Å². The van der Waals surface area contributed by atoms with Crippen molar-refractivity contribution in [2.24, 2.45) is 0 Å². The van der Waals surface area contributed by atoms with Crippen LogP contribution in [0.5, 0.6) is 0 Å². The van der Waals surface area contributed by atoms with Crippen LogP contribution in [0.2, 0.25) is 0 Å². The summed E-state index contributed by atoms with van der Waals surface area (Å²) in [4.78, 5) is 18.1. The average molecular weight is 818 g/mol. The third-order valence-corrected chi connectivity index (χ3v) is 12.2. The molecule has 300 valence electrons. The number of fused-ring (bicyclic) bond motifs is 4. The van der Waals surface area contributed by atoms with Crippen molar-refractivity contribution in [1.29, 1.82) is 0 Å². The molecule has 5 nitrogen and oxygen atoms in total. The monoisotopic (exact) mass is 817 g/mol. The Kier molecular flexibility index (Phi) is 9.08. The summed E-state index contributed by atoms with van der Waals surface area (Å²) in [6.45, 7) is 0. The van der Waals surface area contributed by atoms with Gasteiger partial charge in [0.05, 0.1) is 28.1 Å². The van der Waals surface area contributed by atoms with Crippen LogP contribution in [-0.2, 0) is 0 Å². The zero-order valence-corrected chi connectivity index (χ0v) is 34.8. The highest BCUT2D eigenvalue weighted by molar-refractivity contribution is 6.00. The molecule has 0 spiro atoms. The normalized spacial score (nSPS) is 11.4. The van der Waals surface area contributed by atoms with E-state index < -0.39 is 0 Å². The van der Waals surface area contributed by atoms with Crippen LogP contribution in [-0.4, -0.2) is 19.4 Å². The number of pyridine rings is 1. The number of hydrogen-bond donors (Lipinski definition) is 0. The highest BCUT2D eigenvalue weighted by atomic mass is 15.1. The molecular weight excluding hydrogens is 779 g/mol. The fourth-order valence-corrected chi connectivity index (χ4v) is 8.94. The van der Waals surface area contributed by atoms with Gasteiger partial charge < -0.3 is 9.30 Å².